The Morgan fingerprint density at radius 1 is 1.06 bits per heavy atom. The van der Waals surface area contributed by atoms with Crippen LogP contribution in [0.4, 0.5) is 0 Å². The van der Waals surface area contributed by atoms with Crippen LogP contribution in [0.15, 0.2) is 29.1 Å². The van der Waals surface area contributed by atoms with E-state index in [0.717, 1.165) is 11.8 Å². The number of aliphatic hydroxyl groups is 1. The zero-order valence-electron chi connectivity index (χ0n) is 21.2. The molecule has 6 nitrogen and oxygen atoms in total. The highest BCUT2D eigenvalue weighted by Crippen LogP contribution is 2.27. The Bertz CT molecular complexity index is 1020. The molecule has 0 saturated heterocycles. The Morgan fingerprint density at radius 2 is 1.69 bits per heavy atom. The highest BCUT2D eigenvalue weighted by atomic mass is 16.5. The number of aliphatic hydroxyl groups excluding tert-OH is 1. The first-order valence-electron chi connectivity index (χ1n) is 11.2. The summed E-state index contributed by atoms with van der Waals surface area (Å²) in [4.78, 5) is 28.8. The Balaban J connectivity index is 2.62. The molecule has 0 aliphatic heterocycles. The van der Waals surface area contributed by atoms with Crippen LogP contribution in [0.1, 0.15) is 67.4 Å². The maximum Gasteiger partial charge on any atom is 0.255 e. The molecule has 2 aromatic rings. The van der Waals surface area contributed by atoms with Gasteiger partial charge in [0.2, 0.25) is 5.91 Å². The third-order valence-electron chi connectivity index (χ3n) is 5.91. The van der Waals surface area contributed by atoms with E-state index in [0.29, 0.717) is 23.4 Å². The van der Waals surface area contributed by atoms with Crippen LogP contribution in [-0.2, 0) is 16.8 Å². The molecule has 0 spiro atoms. The number of hydrogen-bond donors (Lipinski definition) is 1. The number of nitrogens with zero attached hydrogens (tertiary/aromatic N) is 2. The van der Waals surface area contributed by atoms with E-state index >= 15 is 0 Å². The van der Waals surface area contributed by atoms with Gasteiger partial charge >= 0.3 is 0 Å². The fourth-order valence-electron chi connectivity index (χ4n) is 3.69. The Kier molecular flexibility index (Phi) is 7.50. The molecular weight excluding hydrogens is 404 g/mol. The van der Waals surface area contributed by atoms with Gasteiger partial charge in [0.25, 0.3) is 5.56 Å². The highest BCUT2D eigenvalue weighted by molar-refractivity contribution is 5.84. The van der Waals surface area contributed by atoms with Crippen LogP contribution < -0.4 is 10.3 Å². The molecule has 0 saturated carbocycles. The number of ether oxygens (including phenoxy) is 1. The number of hydrogen-bond acceptors (Lipinski definition) is 4. The summed E-state index contributed by atoms with van der Waals surface area (Å²) in [6.07, 6.45) is 0.785. The van der Waals surface area contributed by atoms with E-state index in [1.165, 1.54) is 0 Å². The van der Waals surface area contributed by atoms with Crippen LogP contribution in [0.2, 0.25) is 0 Å². The monoisotopic (exact) mass is 444 g/mol. The second kappa shape index (κ2) is 9.26. The van der Waals surface area contributed by atoms with Crippen molar-refractivity contribution < 1.29 is 14.6 Å². The van der Waals surface area contributed by atoms with Crippen molar-refractivity contribution in [3.05, 3.63) is 40.2 Å². The first-order chi connectivity index (χ1) is 14.6. The van der Waals surface area contributed by atoms with Gasteiger partial charge in [0.05, 0.1) is 24.8 Å². The predicted molar refractivity (Wildman–Crippen MR) is 130 cm³/mol. The average Bonchev–Trinajstić information content (AvgIpc) is 2.67. The first kappa shape index (κ1) is 25.9. The molecule has 0 unspecified atom stereocenters. The van der Waals surface area contributed by atoms with Crippen molar-refractivity contribution in [3.8, 4) is 5.75 Å². The van der Waals surface area contributed by atoms with Gasteiger partial charge in [-0.05, 0) is 54.7 Å². The maximum atomic E-state index is 13.6. The summed E-state index contributed by atoms with van der Waals surface area (Å²) in [5.74, 6) is 0.437. The van der Waals surface area contributed by atoms with Gasteiger partial charge in [0.1, 0.15) is 12.3 Å². The standard InChI is InChI=1S/C26H40N2O4/c1-24(2,3)12-13-28(26(7,8)17-29)22(30)16-27-21-15-19(32-9)11-10-18(21)14-20(23(27)31)25(4,5)6/h10-11,14-15,29H,12-13,16-17H2,1-9H3. The lowest BCUT2D eigenvalue weighted by atomic mass is 9.87. The third kappa shape index (κ3) is 5.91. The van der Waals surface area contributed by atoms with E-state index in [4.69, 9.17) is 4.74 Å². The van der Waals surface area contributed by atoms with Crippen LogP contribution in [0.3, 0.4) is 0 Å². The number of fused-ring (bicyclic) bond motifs is 1. The number of carbonyl (C=O) groups is 1. The molecule has 1 aromatic carbocycles. The van der Waals surface area contributed by atoms with Crippen molar-refractivity contribution in [1.82, 2.24) is 9.47 Å². The fraction of sp³-hybridized carbons (Fsp3) is 0.615. The van der Waals surface area contributed by atoms with E-state index in [1.807, 2.05) is 52.8 Å². The minimum absolute atomic E-state index is 0.0348. The van der Waals surface area contributed by atoms with E-state index in [9.17, 15) is 14.7 Å². The summed E-state index contributed by atoms with van der Waals surface area (Å²) in [6, 6.07) is 7.48. The molecule has 0 aliphatic carbocycles. The molecule has 1 amide bonds. The van der Waals surface area contributed by atoms with Crippen molar-refractivity contribution in [2.24, 2.45) is 5.41 Å². The zero-order chi connectivity index (χ0) is 24.5. The summed E-state index contributed by atoms with van der Waals surface area (Å²) in [5.41, 5.74) is 0.0728. The third-order valence-corrected chi connectivity index (χ3v) is 5.91. The summed E-state index contributed by atoms with van der Waals surface area (Å²) in [6.45, 7) is 16.3. The smallest absolute Gasteiger partial charge is 0.255 e. The number of rotatable bonds is 7. The lowest BCUT2D eigenvalue weighted by Crippen LogP contribution is -2.52. The van der Waals surface area contributed by atoms with Crippen molar-refractivity contribution in [1.29, 1.82) is 0 Å². The molecule has 1 aromatic heterocycles. The molecule has 0 radical (unpaired) electrons. The normalized spacial score (nSPS) is 12.8. The van der Waals surface area contributed by atoms with E-state index in [-0.39, 0.29) is 35.4 Å². The molecule has 32 heavy (non-hydrogen) atoms. The summed E-state index contributed by atoms with van der Waals surface area (Å²) < 4.78 is 6.92. The second-order valence-electron chi connectivity index (χ2n) is 11.5. The van der Waals surface area contributed by atoms with Crippen molar-refractivity contribution in [2.45, 2.75) is 79.3 Å². The quantitative estimate of drug-likeness (QED) is 0.689. The minimum Gasteiger partial charge on any atom is -0.497 e. The number of benzene rings is 1. The molecular formula is C26H40N2O4. The van der Waals surface area contributed by atoms with Gasteiger partial charge in [-0.15, -0.1) is 0 Å². The van der Waals surface area contributed by atoms with Gasteiger partial charge in [0, 0.05) is 18.2 Å². The Morgan fingerprint density at radius 3 is 2.19 bits per heavy atom. The van der Waals surface area contributed by atoms with Gasteiger partial charge in [-0.25, -0.2) is 0 Å². The molecule has 1 heterocycles. The Labute approximate surface area is 192 Å². The highest BCUT2D eigenvalue weighted by Gasteiger charge is 2.32. The van der Waals surface area contributed by atoms with Gasteiger partial charge < -0.3 is 14.7 Å². The summed E-state index contributed by atoms with van der Waals surface area (Å²) in [5, 5.41) is 10.9. The molecule has 2 rings (SSSR count). The van der Waals surface area contributed by atoms with E-state index in [2.05, 4.69) is 20.8 Å². The number of amides is 1. The zero-order valence-corrected chi connectivity index (χ0v) is 21.2. The van der Waals surface area contributed by atoms with Gasteiger partial charge in [-0.1, -0.05) is 41.5 Å². The van der Waals surface area contributed by atoms with Gasteiger partial charge in [-0.3, -0.25) is 14.2 Å². The van der Waals surface area contributed by atoms with Crippen LogP contribution >= 0.6 is 0 Å². The van der Waals surface area contributed by atoms with Gasteiger partial charge in [-0.2, -0.15) is 0 Å². The van der Waals surface area contributed by atoms with Crippen LogP contribution in [0.5, 0.6) is 5.75 Å². The summed E-state index contributed by atoms with van der Waals surface area (Å²) in [7, 11) is 1.58. The predicted octanol–water partition coefficient (Wildman–Crippen LogP) is 4.34. The lowest BCUT2D eigenvalue weighted by Gasteiger charge is -2.39. The van der Waals surface area contributed by atoms with Crippen molar-refractivity contribution in [3.63, 3.8) is 0 Å². The minimum atomic E-state index is -0.735. The molecule has 0 atom stereocenters. The molecule has 178 valence electrons. The number of methoxy groups -OCH3 is 1. The SMILES string of the molecule is COc1ccc2cc(C(C)(C)C)c(=O)n(CC(=O)N(CCC(C)(C)C)C(C)(C)CO)c2c1. The number of aromatic nitrogens is 1. The number of pyridine rings is 1. The van der Waals surface area contributed by atoms with Gasteiger partial charge in [0.15, 0.2) is 0 Å². The molecule has 1 N–H and O–H groups in total. The lowest BCUT2D eigenvalue weighted by molar-refractivity contribution is -0.139. The first-order valence-corrected chi connectivity index (χ1v) is 11.2. The molecule has 0 bridgehead atoms. The maximum absolute atomic E-state index is 13.6. The van der Waals surface area contributed by atoms with Crippen LogP contribution in [0.25, 0.3) is 10.9 Å². The fourth-order valence-corrected chi connectivity index (χ4v) is 3.69. The molecule has 0 fully saturated rings. The van der Waals surface area contributed by atoms with Crippen molar-refractivity contribution >= 4 is 16.8 Å². The van der Waals surface area contributed by atoms with E-state index in [1.54, 1.807) is 22.6 Å². The summed E-state index contributed by atoms with van der Waals surface area (Å²) >= 11 is 0. The van der Waals surface area contributed by atoms with Crippen molar-refractivity contribution in [2.75, 3.05) is 20.3 Å². The second-order valence-corrected chi connectivity index (χ2v) is 11.5. The number of carbonyl (C=O) groups excluding carboxylic acids is 1. The van der Waals surface area contributed by atoms with E-state index < -0.39 is 5.54 Å². The topological polar surface area (TPSA) is 71.8 Å². The average molecular weight is 445 g/mol. The van der Waals surface area contributed by atoms with Crippen LogP contribution in [-0.4, -0.2) is 46.3 Å². The largest absolute Gasteiger partial charge is 0.497 e. The Hall–Kier alpha value is -2.34. The molecule has 0 aliphatic rings. The molecule has 6 heteroatoms. The van der Waals surface area contributed by atoms with Crippen LogP contribution in [0, 0.1) is 5.41 Å².